The van der Waals surface area contributed by atoms with E-state index in [1.165, 1.54) is 19.3 Å². The molecule has 0 unspecified atom stereocenters. The summed E-state index contributed by atoms with van der Waals surface area (Å²) < 4.78 is 10.6. The third-order valence-electron chi connectivity index (χ3n) is 5.03. The number of benzene rings is 1. The third-order valence-corrected chi connectivity index (χ3v) is 5.03. The standard InChI is InChI=1S/C17H25NO3/c1-20-15-7-6-13(11-16(15)21-2)17(19)9-8-14-5-3-4-10-18(14)12-17/h6-7,11,14,19H,3-5,8-10,12H2,1-2H3/t14-,17-/m0/s1. The van der Waals surface area contributed by atoms with Crippen LogP contribution >= 0.6 is 0 Å². The third kappa shape index (κ3) is 2.74. The van der Waals surface area contributed by atoms with Crippen molar-refractivity contribution in [3.05, 3.63) is 23.8 Å². The number of methoxy groups -OCH3 is 2. The van der Waals surface area contributed by atoms with Crippen molar-refractivity contribution in [3.63, 3.8) is 0 Å². The average Bonchev–Trinajstić information content (AvgIpc) is 2.54. The number of hydrogen-bond acceptors (Lipinski definition) is 4. The number of nitrogens with zero attached hydrogens (tertiary/aromatic N) is 1. The predicted octanol–water partition coefficient (Wildman–Crippen LogP) is 2.54. The Morgan fingerprint density at radius 1 is 1.14 bits per heavy atom. The van der Waals surface area contributed by atoms with Crippen molar-refractivity contribution in [2.75, 3.05) is 27.3 Å². The van der Waals surface area contributed by atoms with Gasteiger partial charge in [0.25, 0.3) is 0 Å². The minimum Gasteiger partial charge on any atom is -0.493 e. The van der Waals surface area contributed by atoms with Gasteiger partial charge < -0.3 is 14.6 Å². The molecule has 0 aromatic heterocycles. The summed E-state index contributed by atoms with van der Waals surface area (Å²) in [5.74, 6) is 1.39. The Bertz CT molecular complexity index is 505. The molecule has 4 nitrogen and oxygen atoms in total. The smallest absolute Gasteiger partial charge is 0.161 e. The van der Waals surface area contributed by atoms with Crippen molar-refractivity contribution in [3.8, 4) is 11.5 Å². The van der Waals surface area contributed by atoms with Crippen LogP contribution in [-0.2, 0) is 5.60 Å². The van der Waals surface area contributed by atoms with Gasteiger partial charge in [0.2, 0.25) is 0 Å². The molecular weight excluding hydrogens is 266 g/mol. The summed E-state index contributed by atoms with van der Waals surface area (Å²) in [7, 11) is 3.26. The van der Waals surface area contributed by atoms with Crippen molar-refractivity contribution in [2.24, 2.45) is 0 Å². The largest absolute Gasteiger partial charge is 0.493 e. The quantitative estimate of drug-likeness (QED) is 0.929. The van der Waals surface area contributed by atoms with Gasteiger partial charge in [0, 0.05) is 12.6 Å². The second-order valence-corrected chi connectivity index (χ2v) is 6.26. The lowest BCUT2D eigenvalue weighted by Gasteiger charge is -2.46. The summed E-state index contributed by atoms with van der Waals surface area (Å²) >= 11 is 0. The number of aliphatic hydroxyl groups is 1. The van der Waals surface area contributed by atoms with Crippen molar-refractivity contribution < 1.29 is 14.6 Å². The van der Waals surface area contributed by atoms with E-state index in [9.17, 15) is 5.11 Å². The van der Waals surface area contributed by atoms with E-state index in [1.807, 2.05) is 18.2 Å². The van der Waals surface area contributed by atoms with Crippen LogP contribution in [0.5, 0.6) is 11.5 Å². The second-order valence-electron chi connectivity index (χ2n) is 6.26. The van der Waals surface area contributed by atoms with E-state index in [0.29, 0.717) is 17.5 Å². The molecule has 1 aromatic carbocycles. The number of rotatable bonds is 3. The van der Waals surface area contributed by atoms with Gasteiger partial charge >= 0.3 is 0 Å². The van der Waals surface area contributed by atoms with E-state index in [1.54, 1.807) is 14.2 Å². The molecule has 1 aromatic rings. The Morgan fingerprint density at radius 2 is 1.95 bits per heavy atom. The van der Waals surface area contributed by atoms with E-state index < -0.39 is 5.60 Å². The molecule has 0 saturated carbocycles. The van der Waals surface area contributed by atoms with Gasteiger partial charge in [-0.3, -0.25) is 4.90 Å². The summed E-state index contributed by atoms with van der Waals surface area (Å²) in [6.45, 7) is 1.84. The van der Waals surface area contributed by atoms with E-state index >= 15 is 0 Å². The van der Waals surface area contributed by atoms with Crippen LogP contribution in [0.2, 0.25) is 0 Å². The minimum atomic E-state index is -0.770. The molecule has 0 spiro atoms. The molecule has 116 valence electrons. The maximum absolute atomic E-state index is 11.1. The fourth-order valence-electron chi connectivity index (χ4n) is 3.78. The van der Waals surface area contributed by atoms with Crippen molar-refractivity contribution >= 4 is 0 Å². The zero-order valence-electron chi connectivity index (χ0n) is 13.0. The first kappa shape index (κ1) is 14.7. The van der Waals surface area contributed by atoms with Gasteiger partial charge in [-0.25, -0.2) is 0 Å². The molecule has 2 atom stereocenters. The monoisotopic (exact) mass is 291 g/mol. The fraction of sp³-hybridized carbons (Fsp3) is 0.647. The molecule has 2 aliphatic rings. The molecule has 1 N–H and O–H groups in total. The van der Waals surface area contributed by atoms with Crippen LogP contribution in [0.1, 0.15) is 37.7 Å². The van der Waals surface area contributed by atoms with Gasteiger partial charge in [-0.1, -0.05) is 12.5 Å². The molecule has 0 radical (unpaired) electrons. The summed E-state index contributed by atoms with van der Waals surface area (Å²) in [6.07, 6.45) is 5.75. The zero-order valence-corrected chi connectivity index (χ0v) is 13.0. The number of ether oxygens (including phenoxy) is 2. The van der Waals surface area contributed by atoms with Crippen LogP contribution in [0.4, 0.5) is 0 Å². The Kier molecular flexibility index (Phi) is 4.09. The number of hydrogen-bond donors (Lipinski definition) is 1. The molecule has 21 heavy (non-hydrogen) atoms. The van der Waals surface area contributed by atoms with Crippen LogP contribution in [0.15, 0.2) is 18.2 Å². The summed E-state index contributed by atoms with van der Waals surface area (Å²) in [5, 5.41) is 11.1. The predicted molar refractivity (Wildman–Crippen MR) is 81.9 cm³/mol. The van der Waals surface area contributed by atoms with Crippen LogP contribution in [-0.4, -0.2) is 43.4 Å². The van der Waals surface area contributed by atoms with E-state index in [4.69, 9.17) is 9.47 Å². The highest BCUT2D eigenvalue weighted by Crippen LogP contribution is 2.40. The summed E-state index contributed by atoms with van der Waals surface area (Å²) in [6, 6.07) is 6.43. The number of fused-ring (bicyclic) bond motifs is 1. The first-order chi connectivity index (χ1) is 10.2. The van der Waals surface area contributed by atoms with Crippen LogP contribution in [0, 0.1) is 0 Å². The Labute approximate surface area is 126 Å². The minimum absolute atomic E-state index is 0.666. The van der Waals surface area contributed by atoms with Crippen molar-refractivity contribution in [1.82, 2.24) is 4.90 Å². The lowest BCUT2D eigenvalue weighted by atomic mass is 9.80. The zero-order chi connectivity index (χ0) is 14.9. The highest BCUT2D eigenvalue weighted by atomic mass is 16.5. The van der Waals surface area contributed by atoms with Gasteiger partial charge in [-0.05, 0) is 49.9 Å². The summed E-state index contributed by atoms with van der Waals surface area (Å²) in [5.41, 5.74) is 0.164. The Morgan fingerprint density at radius 3 is 2.71 bits per heavy atom. The fourth-order valence-corrected chi connectivity index (χ4v) is 3.78. The van der Waals surface area contributed by atoms with E-state index in [2.05, 4.69) is 4.90 Å². The van der Waals surface area contributed by atoms with Gasteiger partial charge in [0.05, 0.1) is 14.2 Å². The molecule has 2 fully saturated rings. The average molecular weight is 291 g/mol. The van der Waals surface area contributed by atoms with Crippen LogP contribution in [0.3, 0.4) is 0 Å². The second kappa shape index (κ2) is 5.85. The SMILES string of the molecule is COc1ccc([C@]2(O)CC[C@@H]3CCCCN3C2)cc1OC. The molecule has 4 heteroatoms. The molecule has 2 saturated heterocycles. The normalized spacial score (nSPS) is 29.8. The van der Waals surface area contributed by atoms with Crippen molar-refractivity contribution in [2.45, 2.75) is 43.7 Å². The Balaban J connectivity index is 1.85. The first-order valence-electron chi connectivity index (χ1n) is 7.85. The van der Waals surface area contributed by atoms with Gasteiger partial charge in [-0.2, -0.15) is 0 Å². The highest BCUT2D eigenvalue weighted by Gasteiger charge is 2.40. The maximum atomic E-state index is 11.1. The lowest BCUT2D eigenvalue weighted by molar-refractivity contribution is -0.0662. The first-order valence-corrected chi connectivity index (χ1v) is 7.85. The number of piperidine rings is 2. The molecule has 2 heterocycles. The highest BCUT2D eigenvalue weighted by molar-refractivity contribution is 5.44. The van der Waals surface area contributed by atoms with E-state index in [-0.39, 0.29) is 0 Å². The van der Waals surface area contributed by atoms with Gasteiger partial charge in [-0.15, -0.1) is 0 Å². The topological polar surface area (TPSA) is 41.9 Å². The summed E-state index contributed by atoms with van der Waals surface area (Å²) in [4.78, 5) is 2.46. The van der Waals surface area contributed by atoms with E-state index in [0.717, 1.165) is 31.5 Å². The van der Waals surface area contributed by atoms with Gasteiger partial charge in [0.15, 0.2) is 11.5 Å². The molecule has 3 rings (SSSR count). The molecular formula is C17H25NO3. The molecule has 0 amide bonds. The Hall–Kier alpha value is -1.26. The van der Waals surface area contributed by atoms with Crippen LogP contribution < -0.4 is 9.47 Å². The molecule has 2 aliphatic heterocycles. The van der Waals surface area contributed by atoms with Gasteiger partial charge in [0.1, 0.15) is 5.60 Å². The van der Waals surface area contributed by atoms with Crippen LogP contribution in [0.25, 0.3) is 0 Å². The molecule has 0 aliphatic carbocycles. The maximum Gasteiger partial charge on any atom is 0.161 e. The molecule has 0 bridgehead atoms. The lowest BCUT2D eigenvalue weighted by Crippen LogP contribution is -2.52. The van der Waals surface area contributed by atoms with Crippen molar-refractivity contribution in [1.29, 1.82) is 0 Å².